The summed E-state index contributed by atoms with van der Waals surface area (Å²) in [4.78, 5) is 35.0. The summed E-state index contributed by atoms with van der Waals surface area (Å²) in [6, 6.07) is 5.04. The van der Waals surface area contributed by atoms with Gasteiger partial charge in [0.2, 0.25) is 5.89 Å². The number of rotatable bonds is 7. The van der Waals surface area contributed by atoms with Gasteiger partial charge >= 0.3 is 11.7 Å². The van der Waals surface area contributed by atoms with E-state index in [1.54, 1.807) is 0 Å². The molecule has 0 unspecified atom stereocenters. The van der Waals surface area contributed by atoms with Gasteiger partial charge in [-0.15, -0.1) is 5.10 Å². The molecule has 0 atom stereocenters. The van der Waals surface area contributed by atoms with Crippen LogP contribution in [-0.4, -0.2) is 39.0 Å². The Hall–Kier alpha value is -3.56. The van der Waals surface area contributed by atoms with E-state index in [1.807, 2.05) is 0 Å². The minimum Gasteiger partial charge on any atom is -0.508 e. The first-order chi connectivity index (χ1) is 12.7. The number of ether oxygens (including phenoxy) is 1. The molecule has 27 heavy (non-hydrogen) atoms. The van der Waals surface area contributed by atoms with Crippen LogP contribution in [-0.2, 0) is 20.9 Å². The fourth-order valence-electron chi connectivity index (χ4n) is 2.19. The number of benzene rings is 1. The number of carbonyl (C=O) groups is 2. The number of aliphatic hydroxyl groups is 1. The van der Waals surface area contributed by atoms with Crippen molar-refractivity contribution in [1.82, 2.24) is 9.78 Å². The molecular formula is C17H16FN3O6. The molecule has 0 spiro atoms. The second-order valence-corrected chi connectivity index (χ2v) is 5.50. The lowest BCUT2D eigenvalue weighted by molar-refractivity contribution is -0.144. The largest absolute Gasteiger partial charge is 0.508 e. The summed E-state index contributed by atoms with van der Waals surface area (Å²) in [6.07, 6.45) is 0. The number of ketones is 1. The van der Waals surface area contributed by atoms with Gasteiger partial charge in [0, 0.05) is 11.3 Å². The minimum atomic E-state index is -0.925. The number of allylic oxidation sites excluding steroid dienone is 1. The van der Waals surface area contributed by atoms with Gasteiger partial charge in [-0.25, -0.2) is 9.18 Å². The molecule has 1 heterocycles. The van der Waals surface area contributed by atoms with E-state index in [2.05, 4.69) is 5.10 Å². The van der Waals surface area contributed by atoms with Gasteiger partial charge in [0.15, 0.2) is 5.78 Å². The highest BCUT2D eigenvalue weighted by Gasteiger charge is 2.17. The molecule has 0 saturated carbocycles. The van der Waals surface area contributed by atoms with E-state index in [0.29, 0.717) is 10.2 Å². The molecule has 0 amide bonds. The number of halogens is 1. The summed E-state index contributed by atoms with van der Waals surface area (Å²) < 4.78 is 23.3. The molecule has 0 aliphatic rings. The third-order valence-corrected chi connectivity index (χ3v) is 3.36. The Bertz CT molecular complexity index is 955. The maximum atomic E-state index is 12.9. The quantitative estimate of drug-likeness (QED) is 0.324. The zero-order valence-corrected chi connectivity index (χ0v) is 14.5. The molecule has 2 N–H and O–H groups in total. The standard InChI is InChI=1S/C17H16FN3O6/c1-9(19)15(10(2)22)13(23)8-26-14(24)7-21-17(25)27-16(20-21)11-3-5-12(18)6-4-11/h3-6,19,23H,7-8H2,1-2H3/b15-13+,19-9?. The van der Waals surface area contributed by atoms with Crippen LogP contribution in [0.25, 0.3) is 11.5 Å². The molecule has 0 aliphatic carbocycles. The fraction of sp³-hybridized carbons (Fsp3) is 0.235. The number of hydrogen-bond acceptors (Lipinski definition) is 8. The zero-order valence-electron chi connectivity index (χ0n) is 14.5. The average molecular weight is 377 g/mol. The first-order valence-electron chi connectivity index (χ1n) is 7.67. The maximum Gasteiger partial charge on any atom is 0.437 e. The zero-order chi connectivity index (χ0) is 20.1. The SMILES string of the molecule is CC(=N)/C(C(C)=O)=C(\O)COC(=O)Cn1nc(-c2ccc(F)cc2)oc1=O. The van der Waals surface area contributed by atoms with Crippen molar-refractivity contribution in [1.29, 1.82) is 5.41 Å². The van der Waals surface area contributed by atoms with Crippen molar-refractivity contribution in [3.05, 3.63) is 52.0 Å². The van der Waals surface area contributed by atoms with Crippen molar-refractivity contribution in [2.24, 2.45) is 0 Å². The van der Waals surface area contributed by atoms with Gasteiger partial charge in [-0.1, -0.05) is 0 Å². The first kappa shape index (κ1) is 19.8. The van der Waals surface area contributed by atoms with Crippen molar-refractivity contribution in [2.75, 3.05) is 6.61 Å². The van der Waals surface area contributed by atoms with Gasteiger partial charge in [0.05, 0.1) is 5.57 Å². The summed E-state index contributed by atoms with van der Waals surface area (Å²) >= 11 is 0. The molecule has 0 aliphatic heterocycles. The van der Waals surface area contributed by atoms with Gasteiger partial charge in [-0.3, -0.25) is 9.59 Å². The van der Waals surface area contributed by atoms with Gasteiger partial charge < -0.3 is 19.7 Å². The van der Waals surface area contributed by atoms with Crippen molar-refractivity contribution in [2.45, 2.75) is 20.4 Å². The Morgan fingerprint density at radius 1 is 1.30 bits per heavy atom. The third-order valence-electron chi connectivity index (χ3n) is 3.36. The first-order valence-corrected chi connectivity index (χ1v) is 7.67. The second kappa shape index (κ2) is 8.21. The second-order valence-electron chi connectivity index (χ2n) is 5.50. The molecule has 1 aromatic carbocycles. The third kappa shape index (κ3) is 4.97. The van der Waals surface area contributed by atoms with Crippen LogP contribution in [0, 0.1) is 11.2 Å². The molecule has 0 radical (unpaired) electrons. The van der Waals surface area contributed by atoms with Crippen LogP contribution in [0.2, 0.25) is 0 Å². The number of aromatic nitrogens is 2. The van der Waals surface area contributed by atoms with Crippen LogP contribution in [0.1, 0.15) is 13.8 Å². The molecule has 1 aromatic heterocycles. The van der Waals surface area contributed by atoms with E-state index in [9.17, 15) is 23.9 Å². The smallest absolute Gasteiger partial charge is 0.437 e. The van der Waals surface area contributed by atoms with E-state index in [1.165, 1.54) is 19.1 Å². The normalized spacial score (nSPS) is 11.7. The van der Waals surface area contributed by atoms with Crippen molar-refractivity contribution < 1.29 is 28.2 Å². The molecule has 9 nitrogen and oxygen atoms in total. The molecule has 0 fully saturated rings. The molecule has 10 heteroatoms. The van der Waals surface area contributed by atoms with Crippen LogP contribution in [0.5, 0.6) is 0 Å². The molecule has 0 saturated heterocycles. The summed E-state index contributed by atoms with van der Waals surface area (Å²) in [6.45, 7) is 1.23. The molecule has 142 valence electrons. The summed E-state index contributed by atoms with van der Waals surface area (Å²) in [5, 5.41) is 21.1. The topological polar surface area (TPSA) is 135 Å². The average Bonchev–Trinajstić information content (AvgIpc) is 2.93. The van der Waals surface area contributed by atoms with Crippen molar-refractivity contribution >= 4 is 17.5 Å². The van der Waals surface area contributed by atoms with Crippen LogP contribution in [0.4, 0.5) is 4.39 Å². The highest BCUT2D eigenvalue weighted by molar-refractivity contribution is 6.19. The van der Waals surface area contributed by atoms with Crippen LogP contribution in [0.15, 0.2) is 44.8 Å². The Morgan fingerprint density at radius 2 is 1.93 bits per heavy atom. The number of hydrogen-bond donors (Lipinski definition) is 2. The summed E-state index contributed by atoms with van der Waals surface area (Å²) in [7, 11) is 0. The molecule has 2 rings (SSSR count). The summed E-state index contributed by atoms with van der Waals surface area (Å²) in [5.41, 5.74) is -0.0820. The number of Topliss-reactive ketones (excluding diaryl/α,β-unsaturated/α-hetero) is 1. The van der Waals surface area contributed by atoms with Crippen LogP contribution in [0.3, 0.4) is 0 Å². The number of nitrogens with zero attached hydrogens (tertiary/aromatic N) is 2. The Morgan fingerprint density at radius 3 is 2.48 bits per heavy atom. The van der Waals surface area contributed by atoms with Gasteiger partial charge in [0.25, 0.3) is 0 Å². The minimum absolute atomic E-state index is 0.103. The monoisotopic (exact) mass is 377 g/mol. The van der Waals surface area contributed by atoms with Crippen LogP contribution >= 0.6 is 0 Å². The highest BCUT2D eigenvalue weighted by Crippen LogP contribution is 2.15. The predicted octanol–water partition coefficient (Wildman–Crippen LogP) is 1.63. The lowest BCUT2D eigenvalue weighted by atomic mass is 10.1. The number of aliphatic hydroxyl groups excluding tert-OH is 1. The Balaban J connectivity index is 2.07. The highest BCUT2D eigenvalue weighted by atomic mass is 19.1. The van der Waals surface area contributed by atoms with Crippen molar-refractivity contribution in [3.63, 3.8) is 0 Å². The Labute approximate surface area is 152 Å². The summed E-state index contributed by atoms with van der Waals surface area (Å²) in [5.74, 6) is -3.54. The fourth-order valence-corrected chi connectivity index (χ4v) is 2.19. The van der Waals surface area contributed by atoms with E-state index in [0.717, 1.165) is 19.1 Å². The molecule has 0 bridgehead atoms. The predicted molar refractivity (Wildman–Crippen MR) is 90.9 cm³/mol. The van der Waals surface area contributed by atoms with Gasteiger partial charge in [0.1, 0.15) is 24.7 Å². The number of nitrogens with one attached hydrogen (secondary N) is 1. The van der Waals surface area contributed by atoms with E-state index in [4.69, 9.17) is 14.6 Å². The lowest BCUT2D eigenvalue weighted by Gasteiger charge is -2.07. The van der Waals surface area contributed by atoms with E-state index in [-0.39, 0.29) is 17.2 Å². The van der Waals surface area contributed by atoms with Crippen molar-refractivity contribution in [3.8, 4) is 11.5 Å². The lowest BCUT2D eigenvalue weighted by Crippen LogP contribution is -2.24. The Kier molecular flexibility index (Phi) is 6.01. The van der Waals surface area contributed by atoms with E-state index < -0.39 is 42.2 Å². The van der Waals surface area contributed by atoms with E-state index >= 15 is 0 Å². The maximum absolute atomic E-state index is 12.9. The number of esters is 1. The van der Waals surface area contributed by atoms with Gasteiger partial charge in [-0.05, 0) is 38.1 Å². The molecule has 2 aromatic rings. The van der Waals surface area contributed by atoms with Crippen LogP contribution < -0.4 is 5.76 Å². The molecular weight excluding hydrogens is 361 g/mol. The number of carbonyl (C=O) groups excluding carboxylic acids is 2. The van der Waals surface area contributed by atoms with Gasteiger partial charge in [-0.2, -0.15) is 4.68 Å².